The third kappa shape index (κ3) is 1.14. The van der Waals surface area contributed by atoms with E-state index in [1.54, 1.807) is 0 Å². The summed E-state index contributed by atoms with van der Waals surface area (Å²) >= 11 is 0. The predicted octanol–water partition coefficient (Wildman–Crippen LogP) is -0.378. The molecule has 0 amide bonds. The Morgan fingerprint density at radius 2 is 1.93 bits per heavy atom. The van der Waals surface area contributed by atoms with Crippen LogP contribution in [-0.2, 0) is 18.9 Å². The second-order valence-corrected chi connectivity index (χ2v) is 4.43. The van der Waals surface area contributed by atoms with Crippen LogP contribution in [0.15, 0.2) is 0 Å². The number of rotatable bonds is 0. The number of ether oxygens (including phenoxy) is 4. The average Bonchev–Trinajstić information content (AvgIpc) is 2.63. The zero-order valence-corrected chi connectivity index (χ0v) is 8.17. The highest BCUT2D eigenvalue weighted by atomic mass is 16.8. The summed E-state index contributed by atoms with van der Waals surface area (Å²) in [5, 5.41) is 9.52. The van der Waals surface area contributed by atoms with E-state index in [1.165, 1.54) is 0 Å². The zero-order chi connectivity index (χ0) is 9.92. The molecule has 0 saturated carbocycles. The Kier molecular flexibility index (Phi) is 1.73. The molecule has 0 aromatic rings. The fourth-order valence-corrected chi connectivity index (χ4v) is 2.31. The fraction of sp³-hybridized carbons (Fsp3) is 1.00. The maximum Gasteiger partial charge on any atom is 0.190 e. The summed E-state index contributed by atoms with van der Waals surface area (Å²) < 4.78 is 22.1. The maximum absolute atomic E-state index is 9.52. The molecule has 3 fully saturated rings. The number of fused-ring (bicyclic) bond motifs is 3. The largest absolute Gasteiger partial charge is 0.388 e. The van der Waals surface area contributed by atoms with Gasteiger partial charge >= 0.3 is 0 Å². The van der Waals surface area contributed by atoms with E-state index < -0.39 is 18.2 Å². The molecule has 14 heavy (non-hydrogen) atoms. The molecule has 0 aromatic heterocycles. The molecule has 80 valence electrons. The molecule has 0 radical (unpaired) electrons. The Bertz CT molecular complexity index is 254. The molecule has 0 spiro atoms. The normalized spacial score (nSPS) is 54.6. The number of aliphatic hydroxyl groups excluding tert-OH is 1. The third-order valence-electron chi connectivity index (χ3n) is 2.87. The molecule has 3 saturated heterocycles. The van der Waals surface area contributed by atoms with Crippen molar-refractivity contribution < 1.29 is 24.1 Å². The first kappa shape index (κ1) is 9.06. The summed E-state index contributed by atoms with van der Waals surface area (Å²) in [6.07, 6.45) is -1.62. The van der Waals surface area contributed by atoms with E-state index in [1.807, 2.05) is 13.8 Å². The molecule has 3 heterocycles. The zero-order valence-electron chi connectivity index (χ0n) is 8.17. The number of hydrogen-bond donors (Lipinski definition) is 1. The summed E-state index contributed by atoms with van der Waals surface area (Å²) in [6, 6.07) is 0. The first-order valence-corrected chi connectivity index (χ1v) is 4.88. The lowest BCUT2D eigenvalue weighted by Gasteiger charge is -2.21. The van der Waals surface area contributed by atoms with Gasteiger partial charge < -0.3 is 24.1 Å². The van der Waals surface area contributed by atoms with E-state index in [9.17, 15) is 5.11 Å². The highest BCUT2D eigenvalue weighted by Crippen LogP contribution is 2.41. The minimum atomic E-state index is -0.614. The van der Waals surface area contributed by atoms with Crippen molar-refractivity contribution in [3.8, 4) is 0 Å². The third-order valence-corrected chi connectivity index (χ3v) is 2.87. The molecule has 3 rings (SSSR count). The molecule has 0 aromatic carbocycles. The quantitative estimate of drug-likeness (QED) is 0.580. The summed E-state index contributed by atoms with van der Waals surface area (Å²) in [6.45, 7) is 4.01. The molecular weight excluding hydrogens is 188 g/mol. The summed E-state index contributed by atoms with van der Waals surface area (Å²) in [5.74, 6) is -0.614. The van der Waals surface area contributed by atoms with E-state index in [-0.39, 0.29) is 18.3 Å². The van der Waals surface area contributed by atoms with Gasteiger partial charge in [-0.15, -0.1) is 0 Å². The fourth-order valence-electron chi connectivity index (χ4n) is 2.31. The van der Waals surface area contributed by atoms with Gasteiger partial charge in [-0.05, 0) is 13.8 Å². The molecule has 3 aliphatic heterocycles. The average molecular weight is 202 g/mol. The molecule has 0 unspecified atom stereocenters. The predicted molar refractivity (Wildman–Crippen MR) is 44.4 cm³/mol. The molecule has 5 nitrogen and oxygen atoms in total. The minimum absolute atomic E-state index is 0.184. The van der Waals surface area contributed by atoms with E-state index in [0.717, 1.165) is 0 Å². The van der Waals surface area contributed by atoms with Crippen LogP contribution in [0.2, 0.25) is 0 Å². The molecule has 5 atom stereocenters. The maximum atomic E-state index is 9.52. The first-order valence-electron chi connectivity index (χ1n) is 4.88. The molecule has 0 bridgehead atoms. The lowest BCUT2D eigenvalue weighted by atomic mass is 10.1. The van der Waals surface area contributed by atoms with Crippen molar-refractivity contribution in [1.82, 2.24) is 0 Å². The van der Waals surface area contributed by atoms with Gasteiger partial charge in [0.2, 0.25) is 0 Å². The van der Waals surface area contributed by atoms with Gasteiger partial charge in [-0.2, -0.15) is 0 Å². The first-order chi connectivity index (χ1) is 6.57. The second-order valence-electron chi connectivity index (χ2n) is 4.43. The number of aliphatic hydroxyl groups is 1. The Morgan fingerprint density at radius 1 is 1.14 bits per heavy atom. The Balaban J connectivity index is 1.80. The Hall–Kier alpha value is -0.200. The van der Waals surface area contributed by atoms with Gasteiger partial charge in [-0.1, -0.05) is 0 Å². The van der Waals surface area contributed by atoms with Crippen molar-refractivity contribution in [3.05, 3.63) is 0 Å². The molecular formula is C9H14O5. The van der Waals surface area contributed by atoms with Crippen LogP contribution < -0.4 is 0 Å². The van der Waals surface area contributed by atoms with E-state index in [4.69, 9.17) is 18.9 Å². The molecule has 1 N–H and O–H groups in total. The minimum Gasteiger partial charge on any atom is -0.388 e. The summed E-state index contributed by atoms with van der Waals surface area (Å²) in [5.41, 5.74) is 0. The van der Waals surface area contributed by atoms with Gasteiger partial charge in [0, 0.05) is 0 Å². The van der Waals surface area contributed by atoms with Crippen LogP contribution in [-0.4, -0.2) is 48.2 Å². The lowest BCUT2D eigenvalue weighted by molar-refractivity contribution is -0.214. The van der Waals surface area contributed by atoms with Crippen LogP contribution >= 0.6 is 0 Å². The van der Waals surface area contributed by atoms with Gasteiger partial charge in [0.15, 0.2) is 12.1 Å². The van der Waals surface area contributed by atoms with E-state index in [0.29, 0.717) is 6.61 Å². The van der Waals surface area contributed by atoms with Gasteiger partial charge in [-0.25, -0.2) is 0 Å². The van der Waals surface area contributed by atoms with Crippen molar-refractivity contribution in [2.75, 3.05) is 6.61 Å². The van der Waals surface area contributed by atoms with Gasteiger partial charge in [0.05, 0.1) is 6.61 Å². The second kappa shape index (κ2) is 2.68. The van der Waals surface area contributed by atoms with E-state index >= 15 is 0 Å². The van der Waals surface area contributed by atoms with Crippen LogP contribution in [0.3, 0.4) is 0 Å². The van der Waals surface area contributed by atoms with Gasteiger partial charge in [-0.3, -0.25) is 0 Å². The standard InChI is InChI=1S/C9H14O5/c1-9(2)13-7-6-5(4(10)3-11-6)12-8(7)14-9/h4-8,10H,3H2,1-2H3/t4-,5+,6-,7+,8+/m0/s1. The SMILES string of the molecule is CC1(C)O[C@H]2O[C@H]3[C@H](OC[C@@H]3O)[C@H]2O1. The summed E-state index contributed by atoms with van der Waals surface area (Å²) in [4.78, 5) is 0. The van der Waals surface area contributed by atoms with Gasteiger partial charge in [0.25, 0.3) is 0 Å². The van der Waals surface area contributed by atoms with Crippen molar-refractivity contribution in [1.29, 1.82) is 0 Å². The molecule has 0 aliphatic carbocycles. The van der Waals surface area contributed by atoms with Crippen molar-refractivity contribution in [2.45, 2.75) is 50.3 Å². The Morgan fingerprint density at radius 3 is 2.71 bits per heavy atom. The van der Waals surface area contributed by atoms with Crippen molar-refractivity contribution >= 4 is 0 Å². The molecule has 5 heteroatoms. The smallest absolute Gasteiger partial charge is 0.190 e. The monoisotopic (exact) mass is 202 g/mol. The summed E-state index contributed by atoms with van der Waals surface area (Å²) in [7, 11) is 0. The van der Waals surface area contributed by atoms with Crippen molar-refractivity contribution in [3.63, 3.8) is 0 Å². The Labute approximate surface area is 81.9 Å². The van der Waals surface area contributed by atoms with Crippen LogP contribution in [0, 0.1) is 0 Å². The van der Waals surface area contributed by atoms with Crippen LogP contribution in [0.25, 0.3) is 0 Å². The van der Waals surface area contributed by atoms with Crippen molar-refractivity contribution in [2.24, 2.45) is 0 Å². The van der Waals surface area contributed by atoms with Gasteiger partial charge in [0.1, 0.15) is 24.4 Å². The van der Waals surface area contributed by atoms with Crippen LogP contribution in [0.5, 0.6) is 0 Å². The molecule has 3 aliphatic rings. The topological polar surface area (TPSA) is 57.2 Å². The lowest BCUT2D eigenvalue weighted by Crippen LogP contribution is -2.35. The highest BCUT2D eigenvalue weighted by molar-refractivity contribution is 5.00. The highest BCUT2D eigenvalue weighted by Gasteiger charge is 2.59. The van der Waals surface area contributed by atoms with Crippen LogP contribution in [0.1, 0.15) is 13.8 Å². The van der Waals surface area contributed by atoms with E-state index in [2.05, 4.69) is 0 Å². The number of hydrogen-bond acceptors (Lipinski definition) is 5. The van der Waals surface area contributed by atoms with Crippen LogP contribution in [0.4, 0.5) is 0 Å².